The Balaban J connectivity index is 1.39. The summed E-state index contributed by atoms with van der Waals surface area (Å²) in [4.78, 5) is 14.6. The Labute approximate surface area is 166 Å². The van der Waals surface area contributed by atoms with Crippen LogP contribution in [0.4, 0.5) is 10.5 Å². The standard InChI is InChI=1S/C21H25N3O3S/c1-24(20-13-8-16-4-2-3-5-19(16)20)21(25)23-17-9-11-18(12-10-17)28(26,27)22-14-15-6-7-15/h2-5,9-12,15,20,22H,6-8,13-14H2,1H3,(H,23,25)/t20-/m1/s1. The Hall–Kier alpha value is -2.38. The second-order valence-electron chi connectivity index (χ2n) is 7.61. The van der Waals surface area contributed by atoms with Gasteiger partial charge >= 0.3 is 6.03 Å². The quantitative estimate of drug-likeness (QED) is 0.780. The van der Waals surface area contributed by atoms with Crippen LogP contribution in [0.1, 0.15) is 36.4 Å². The molecule has 2 aliphatic rings. The molecule has 6 nitrogen and oxygen atoms in total. The Morgan fingerprint density at radius 1 is 1.07 bits per heavy atom. The third kappa shape index (κ3) is 4.05. The van der Waals surface area contributed by atoms with Crippen molar-refractivity contribution in [1.82, 2.24) is 9.62 Å². The van der Waals surface area contributed by atoms with E-state index in [2.05, 4.69) is 22.2 Å². The van der Waals surface area contributed by atoms with Gasteiger partial charge in [0.05, 0.1) is 10.9 Å². The summed E-state index contributed by atoms with van der Waals surface area (Å²) >= 11 is 0. The summed E-state index contributed by atoms with van der Waals surface area (Å²) in [5.74, 6) is 0.476. The minimum absolute atomic E-state index is 0.0578. The molecule has 2 aliphatic carbocycles. The Morgan fingerprint density at radius 3 is 2.50 bits per heavy atom. The van der Waals surface area contributed by atoms with Crippen LogP contribution in [-0.4, -0.2) is 32.9 Å². The Morgan fingerprint density at radius 2 is 1.79 bits per heavy atom. The molecular formula is C21H25N3O3S. The molecule has 7 heteroatoms. The predicted molar refractivity (Wildman–Crippen MR) is 109 cm³/mol. The van der Waals surface area contributed by atoms with Crippen LogP contribution in [0.15, 0.2) is 53.4 Å². The lowest BCUT2D eigenvalue weighted by atomic mass is 10.1. The van der Waals surface area contributed by atoms with E-state index in [1.165, 1.54) is 23.3 Å². The number of hydrogen-bond acceptors (Lipinski definition) is 3. The number of aryl methyl sites for hydroxylation is 1. The number of carbonyl (C=O) groups excluding carboxylic acids is 1. The van der Waals surface area contributed by atoms with Gasteiger partial charge in [0.25, 0.3) is 0 Å². The highest BCUT2D eigenvalue weighted by atomic mass is 32.2. The van der Waals surface area contributed by atoms with E-state index in [4.69, 9.17) is 0 Å². The van der Waals surface area contributed by atoms with Crippen molar-refractivity contribution in [2.24, 2.45) is 5.92 Å². The highest BCUT2D eigenvalue weighted by molar-refractivity contribution is 7.89. The number of urea groups is 1. The molecule has 0 saturated heterocycles. The third-order valence-corrected chi connectivity index (χ3v) is 7.00. The van der Waals surface area contributed by atoms with Gasteiger partial charge in [-0.1, -0.05) is 24.3 Å². The summed E-state index contributed by atoms with van der Waals surface area (Å²) in [5, 5.41) is 2.86. The molecule has 4 rings (SSSR count). The van der Waals surface area contributed by atoms with Crippen LogP contribution in [0, 0.1) is 5.92 Å². The van der Waals surface area contributed by atoms with E-state index < -0.39 is 10.0 Å². The fraction of sp³-hybridized carbons (Fsp3) is 0.381. The zero-order chi connectivity index (χ0) is 19.7. The summed E-state index contributed by atoms with van der Waals surface area (Å²) in [7, 11) is -1.70. The molecule has 0 unspecified atom stereocenters. The van der Waals surface area contributed by atoms with Gasteiger partial charge in [0.1, 0.15) is 0 Å². The van der Waals surface area contributed by atoms with Gasteiger partial charge in [-0.2, -0.15) is 0 Å². The summed E-state index contributed by atoms with van der Waals surface area (Å²) in [6.45, 7) is 0.495. The second-order valence-corrected chi connectivity index (χ2v) is 9.38. The fourth-order valence-electron chi connectivity index (χ4n) is 3.64. The van der Waals surface area contributed by atoms with Crippen molar-refractivity contribution in [3.63, 3.8) is 0 Å². The second kappa shape index (κ2) is 7.56. The average Bonchev–Trinajstić information content (AvgIpc) is 3.43. The smallest absolute Gasteiger partial charge is 0.321 e. The number of nitrogens with one attached hydrogen (secondary N) is 2. The molecule has 1 saturated carbocycles. The van der Waals surface area contributed by atoms with Gasteiger partial charge < -0.3 is 10.2 Å². The molecule has 0 heterocycles. The van der Waals surface area contributed by atoms with Gasteiger partial charge in [-0.25, -0.2) is 17.9 Å². The molecule has 28 heavy (non-hydrogen) atoms. The largest absolute Gasteiger partial charge is 0.322 e. The first-order valence-electron chi connectivity index (χ1n) is 9.65. The summed E-state index contributed by atoms with van der Waals surface area (Å²) in [6.07, 6.45) is 4.06. The van der Waals surface area contributed by atoms with Crippen LogP contribution in [0.2, 0.25) is 0 Å². The van der Waals surface area contributed by atoms with Gasteiger partial charge in [-0.3, -0.25) is 0 Å². The SMILES string of the molecule is CN(C(=O)Nc1ccc(S(=O)(=O)NCC2CC2)cc1)[C@@H]1CCc2ccccc21. The lowest BCUT2D eigenvalue weighted by Gasteiger charge is -2.25. The molecule has 0 aliphatic heterocycles. The van der Waals surface area contributed by atoms with Crippen LogP contribution in [0.25, 0.3) is 0 Å². The van der Waals surface area contributed by atoms with Gasteiger partial charge in [0, 0.05) is 19.3 Å². The first kappa shape index (κ1) is 19.0. The molecule has 2 aromatic carbocycles. The topological polar surface area (TPSA) is 78.5 Å². The van der Waals surface area contributed by atoms with Crippen molar-refractivity contribution >= 4 is 21.7 Å². The molecule has 2 aromatic rings. The van der Waals surface area contributed by atoms with E-state index in [0.717, 1.165) is 25.7 Å². The number of fused-ring (bicyclic) bond motifs is 1. The third-order valence-electron chi connectivity index (χ3n) is 5.56. The van der Waals surface area contributed by atoms with E-state index in [0.29, 0.717) is 18.2 Å². The van der Waals surface area contributed by atoms with Crippen LogP contribution in [0.3, 0.4) is 0 Å². The molecule has 1 atom stereocenters. The first-order valence-corrected chi connectivity index (χ1v) is 11.1. The van der Waals surface area contributed by atoms with Crippen molar-refractivity contribution in [3.8, 4) is 0 Å². The van der Waals surface area contributed by atoms with Gasteiger partial charge in [0.15, 0.2) is 0 Å². The number of hydrogen-bond donors (Lipinski definition) is 2. The average molecular weight is 400 g/mol. The van der Waals surface area contributed by atoms with Crippen molar-refractivity contribution in [2.75, 3.05) is 18.9 Å². The minimum atomic E-state index is -3.50. The molecule has 1 fully saturated rings. The highest BCUT2D eigenvalue weighted by Crippen LogP contribution is 2.35. The van der Waals surface area contributed by atoms with Crippen molar-refractivity contribution < 1.29 is 13.2 Å². The lowest BCUT2D eigenvalue weighted by molar-refractivity contribution is 0.204. The highest BCUT2D eigenvalue weighted by Gasteiger charge is 2.28. The number of sulfonamides is 1. The lowest BCUT2D eigenvalue weighted by Crippen LogP contribution is -2.34. The monoisotopic (exact) mass is 399 g/mol. The van der Waals surface area contributed by atoms with E-state index >= 15 is 0 Å². The fourth-order valence-corrected chi connectivity index (χ4v) is 4.76. The number of anilines is 1. The number of carbonyl (C=O) groups is 1. The van der Waals surface area contributed by atoms with E-state index in [1.54, 1.807) is 24.1 Å². The van der Waals surface area contributed by atoms with E-state index in [1.807, 2.05) is 12.1 Å². The molecule has 0 radical (unpaired) electrons. The Kier molecular flexibility index (Phi) is 5.12. The van der Waals surface area contributed by atoms with Crippen LogP contribution < -0.4 is 10.0 Å². The van der Waals surface area contributed by atoms with Crippen LogP contribution >= 0.6 is 0 Å². The van der Waals surface area contributed by atoms with Gasteiger partial charge in [-0.05, 0) is 67.0 Å². The number of benzene rings is 2. The molecule has 0 bridgehead atoms. The summed E-state index contributed by atoms with van der Waals surface area (Å²) in [5.41, 5.74) is 3.06. The maximum atomic E-state index is 12.7. The normalized spacial score (nSPS) is 18.5. The van der Waals surface area contributed by atoms with Crippen molar-refractivity contribution in [2.45, 2.75) is 36.6 Å². The zero-order valence-electron chi connectivity index (χ0n) is 15.9. The maximum absolute atomic E-state index is 12.7. The maximum Gasteiger partial charge on any atom is 0.322 e. The first-order chi connectivity index (χ1) is 13.4. The van der Waals surface area contributed by atoms with Gasteiger partial charge in [0.2, 0.25) is 10.0 Å². The number of nitrogens with zero attached hydrogens (tertiary/aromatic N) is 1. The summed E-state index contributed by atoms with van der Waals surface area (Å²) < 4.78 is 27.2. The van der Waals surface area contributed by atoms with Crippen LogP contribution in [-0.2, 0) is 16.4 Å². The number of rotatable bonds is 6. The van der Waals surface area contributed by atoms with Crippen molar-refractivity contribution in [1.29, 1.82) is 0 Å². The summed E-state index contributed by atoms with van der Waals surface area (Å²) in [6, 6.07) is 14.4. The van der Waals surface area contributed by atoms with Crippen molar-refractivity contribution in [3.05, 3.63) is 59.7 Å². The van der Waals surface area contributed by atoms with Crippen LogP contribution in [0.5, 0.6) is 0 Å². The predicted octanol–water partition coefficient (Wildman–Crippen LogP) is 3.53. The molecule has 2 N–H and O–H groups in total. The zero-order valence-corrected chi connectivity index (χ0v) is 16.7. The number of amides is 2. The van der Waals surface area contributed by atoms with Gasteiger partial charge in [-0.15, -0.1) is 0 Å². The Bertz CT molecular complexity index is 969. The molecule has 2 amide bonds. The van der Waals surface area contributed by atoms with E-state index in [-0.39, 0.29) is 17.0 Å². The molecular weight excluding hydrogens is 374 g/mol. The minimum Gasteiger partial charge on any atom is -0.321 e. The molecule has 0 spiro atoms. The molecule has 0 aromatic heterocycles. The molecule has 148 valence electrons. The van der Waals surface area contributed by atoms with E-state index in [9.17, 15) is 13.2 Å².